The summed E-state index contributed by atoms with van der Waals surface area (Å²) in [5, 5.41) is 11.6. The fraction of sp³-hybridized carbons (Fsp3) is 0. The summed E-state index contributed by atoms with van der Waals surface area (Å²) in [6.07, 6.45) is 1.11. The first kappa shape index (κ1) is 8.98. The van der Waals surface area contributed by atoms with E-state index in [-0.39, 0.29) is 0 Å². The lowest BCUT2D eigenvalue weighted by Gasteiger charge is -1.88. The van der Waals surface area contributed by atoms with E-state index in [2.05, 4.69) is 0 Å². The summed E-state index contributed by atoms with van der Waals surface area (Å²) in [6, 6.07) is 3.66. The molecule has 0 amide bonds. The fourth-order valence-electron chi connectivity index (χ4n) is 0.711. The van der Waals surface area contributed by atoms with Gasteiger partial charge in [-0.1, -0.05) is 0 Å². The van der Waals surface area contributed by atoms with Gasteiger partial charge in [-0.25, -0.2) is 0 Å². The van der Waals surface area contributed by atoms with Crippen molar-refractivity contribution in [3.05, 3.63) is 28.5 Å². The molecule has 0 N–H and O–H groups in total. The van der Waals surface area contributed by atoms with Crippen LogP contribution < -0.4 is 0 Å². The Labute approximate surface area is 78.7 Å². The number of hydrogen-bond acceptors (Lipinski definition) is 3. The van der Waals surface area contributed by atoms with Crippen LogP contribution in [-0.4, -0.2) is 5.24 Å². The molecule has 0 radical (unpaired) electrons. The smallest absolute Gasteiger partial charge is 0.246 e. The minimum absolute atomic E-state index is 0.302. The van der Waals surface area contributed by atoms with Gasteiger partial charge in [0.2, 0.25) is 5.24 Å². The lowest BCUT2D eigenvalue weighted by atomic mass is 10.1. The molecule has 1 heterocycles. The zero-order chi connectivity index (χ0) is 8.97. The lowest BCUT2D eigenvalue weighted by Crippen LogP contribution is -1.82. The molecule has 0 fully saturated rings. The molecule has 1 aromatic rings. The number of hydrogen-bond donors (Lipinski definition) is 0. The Morgan fingerprint density at radius 3 is 2.92 bits per heavy atom. The second-order valence-corrected chi connectivity index (χ2v) is 3.14. The van der Waals surface area contributed by atoms with E-state index < -0.39 is 5.24 Å². The highest BCUT2D eigenvalue weighted by Gasteiger charge is 2.01. The molecule has 0 aliphatic carbocycles. The number of carbonyl (C=O) groups excluding carboxylic acids is 1. The molecular formula is C8H4ClNOS. The van der Waals surface area contributed by atoms with Crippen molar-refractivity contribution in [2.75, 3.05) is 0 Å². The summed E-state index contributed by atoms with van der Waals surface area (Å²) in [4.78, 5) is 10.4. The van der Waals surface area contributed by atoms with Crippen LogP contribution in [0.15, 0.2) is 22.9 Å². The molecule has 0 aliphatic heterocycles. The monoisotopic (exact) mass is 197 g/mol. The summed E-state index contributed by atoms with van der Waals surface area (Å²) in [5.41, 5.74) is 1.03. The van der Waals surface area contributed by atoms with E-state index in [4.69, 9.17) is 16.9 Å². The molecule has 0 saturated carbocycles. The van der Waals surface area contributed by atoms with E-state index >= 15 is 0 Å². The van der Waals surface area contributed by atoms with Gasteiger partial charge in [0.25, 0.3) is 0 Å². The van der Waals surface area contributed by atoms with E-state index in [1.54, 1.807) is 11.4 Å². The van der Waals surface area contributed by atoms with Crippen molar-refractivity contribution in [3.63, 3.8) is 0 Å². The zero-order valence-electron chi connectivity index (χ0n) is 5.95. The number of nitriles is 1. The van der Waals surface area contributed by atoms with Crippen LogP contribution in [0.2, 0.25) is 0 Å². The largest absolute Gasteiger partial charge is 0.276 e. The minimum Gasteiger partial charge on any atom is -0.276 e. The van der Waals surface area contributed by atoms with Crippen molar-refractivity contribution < 1.29 is 4.79 Å². The third-order valence-electron chi connectivity index (χ3n) is 1.21. The molecular weight excluding hydrogens is 194 g/mol. The summed E-state index contributed by atoms with van der Waals surface area (Å²) >= 11 is 6.57. The van der Waals surface area contributed by atoms with Crippen molar-refractivity contribution in [2.45, 2.75) is 0 Å². The average molecular weight is 198 g/mol. The van der Waals surface area contributed by atoms with Crippen molar-refractivity contribution in [1.29, 1.82) is 5.26 Å². The zero-order valence-corrected chi connectivity index (χ0v) is 7.52. The molecule has 1 aromatic heterocycles. The Hall–Kier alpha value is -1.11. The summed E-state index contributed by atoms with van der Waals surface area (Å²) in [7, 11) is 0. The highest BCUT2D eigenvalue weighted by molar-refractivity contribution is 7.08. The molecule has 12 heavy (non-hydrogen) atoms. The molecule has 2 nitrogen and oxygen atoms in total. The van der Waals surface area contributed by atoms with Gasteiger partial charge in [-0.3, -0.25) is 4.79 Å². The van der Waals surface area contributed by atoms with Gasteiger partial charge in [-0.05, 0) is 28.4 Å². The van der Waals surface area contributed by atoms with Crippen LogP contribution >= 0.6 is 22.9 Å². The Morgan fingerprint density at radius 2 is 2.50 bits per heavy atom. The second-order valence-electron chi connectivity index (χ2n) is 1.99. The van der Waals surface area contributed by atoms with Crippen molar-refractivity contribution in [2.24, 2.45) is 0 Å². The van der Waals surface area contributed by atoms with Gasteiger partial charge in [-0.15, -0.1) is 0 Å². The molecule has 1 rings (SSSR count). The van der Waals surface area contributed by atoms with Gasteiger partial charge in [0.05, 0.1) is 11.6 Å². The number of halogens is 1. The topological polar surface area (TPSA) is 40.9 Å². The Balaban J connectivity index is 3.01. The van der Waals surface area contributed by atoms with Crippen LogP contribution in [0.25, 0.3) is 5.57 Å². The number of thiophene rings is 1. The Bertz CT molecular complexity index is 348. The van der Waals surface area contributed by atoms with E-state index in [0.717, 1.165) is 11.6 Å². The molecule has 0 atom stereocenters. The van der Waals surface area contributed by atoms with Gasteiger partial charge in [-0.2, -0.15) is 16.6 Å². The highest BCUT2D eigenvalue weighted by Crippen LogP contribution is 2.16. The van der Waals surface area contributed by atoms with Crippen LogP contribution in [0.3, 0.4) is 0 Å². The number of nitrogens with zero attached hydrogens (tertiary/aromatic N) is 1. The van der Waals surface area contributed by atoms with Crippen molar-refractivity contribution in [1.82, 2.24) is 0 Å². The average Bonchev–Trinajstić information content (AvgIpc) is 2.51. The molecule has 0 spiro atoms. The van der Waals surface area contributed by atoms with Gasteiger partial charge >= 0.3 is 0 Å². The Kier molecular flexibility index (Phi) is 3.03. The van der Waals surface area contributed by atoms with Gasteiger partial charge in [0.1, 0.15) is 0 Å². The third-order valence-corrected chi connectivity index (χ3v) is 2.00. The quantitative estimate of drug-likeness (QED) is 0.415. The van der Waals surface area contributed by atoms with E-state index in [9.17, 15) is 4.79 Å². The van der Waals surface area contributed by atoms with Crippen LogP contribution in [0, 0.1) is 11.3 Å². The molecule has 4 heteroatoms. The van der Waals surface area contributed by atoms with Crippen molar-refractivity contribution >= 4 is 33.8 Å². The summed E-state index contributed by atoms with van der Waals surface area (Å²) in [5.74, 6) is 0. The van der Waals surface area contributed by atoms with E-state index in [0.29, 0.717) is 5.57 Å². The highest BCUT2D eigenvalue weighted by atomic mass is 35.5. The molecule has 0 aliphatic rings. The van der Waals surface area contributed by atoms with Gasteiger partial charge in [0, 0.05) is 11.6 Å². The van der Waals surface area contributed by atoms with E-state index in [1.165, 1.54) is 11.3 Å². The van der Waals surface area contributed by atoms with Gasteiger partial charge < -0.3 is 0 Å². The maximum Gasteiger partial charge on any atom is 0.246 e. The first-order chi connectivity index (χ1) is 5.74. The Morgan fingerprint density at radius 1 is 1.75 bits per heavy atom. The first-order valence-electron chi connectivity index (χ1n) is 3.08. The van der Waals surface area contributed by atoms with Crippen LogP contribution in [0.1, 0.15) is 5.56 Å². The number of carbonyl (C=O) groups is 1. The summed E-state index contributed by atoms with van der Waals surface area (Å²) in [6.45, 7) is 0. The number of allylic oxidation sites excluding steroid dienone is 2. The SMILES string of the molecule is N#CC(=CC(=O)Cl)c1ccsc1. The van der Waals surface area contributed by atoms with Crippen molar-refractivity contribution in [3.8, 4) is 6.07 Å². The third kappa shape index (κ3) is 2.19. The molecule has 0 bridgehead atoms. The minimum atomic E-state index is -0.627. The fourth-order valence-corrected chi connectivity index (χ4v) is 1.48. The maximum atomic E-state index is 10.4. The summed E-state index contributed by atoms with van der Waals surface area (Å²) < 4.78 is 0. The lowest BCUT2D eigenvalue weighted by molar-refractivity contribution is -0.107. The molecule has 0 unspecified atom stereocenters. The standard InChI is InChI=1S/C8H4ClNOS/c9-8(11)3-7(4-10)6-1-2-12-5-6/h1-3,5H. The second kappa shape index (κ2) is 4.05. The predicted molar refractivity (Wildman–Crippen MR) is 48.8 cm³/mol. The number of rotatable bonds is 2. The van der Waals surface area contributed by atoms with E-state index in [1.807, 2.05) is 11.4 Å². The van der Waals surface area contributed by atoms with Crippen LogP contribution in [-0.2, 0) is 4.79 Å². The molecule has 0 saturated heterocycles. The first-order valence-corrected chi connectivity index (χ1v) is 4.40. The molecule has 60 valence electrons. The predicted octanol–water partition coefficient (Wildman–Crippen LogP) is 2.42. The van der Waals surface area contributed by atoms with Crippen LogP contribution in [0.5, 0.6) is 0 Å². The normalized spacial score (nSPS) is 10.8. The van der Waals surface area contributed by atoms with Crippen LogP contribution in [0.4, 0.5) is 0 Å². The molecule has 0 aromatic carbocycles. The van der Waals surface area contributed by atoms with Gasteiger partial charge in [0.15, 0.2) is 0 Å². The maximum absolute atomic E-state index is 10.4.